The van der Waals surface area contributed by atoms with E-state index in [4.69, 9.17) is 18.4 Å². The Morgan fingerprint density at radius 3 is 2.26 bits per heavy atom. The molecule has 8 heteroatoms. The molecule has 0 fully saturated rings. The molecule has 0 radical (unpaired) electrons. The fourth-order valence-corrected chi connectivity index (χ4v) is 2.68. The molecule has 132 valence electrons. The quantitative estimate of drug-likeness (QED) is 0.440. The molecule has 1 N–H and O–H groups in total. The van der Waals surface area contributed by atoms with Crippen LogP contribution in [0.3, 0.4) is 0 Å². The summed E-state index contributed by atoms with van der Waals surface area (Å²) in [5, 5.41) is 9.24. The highest BCUT2D eigenvalue weighted by molar-refractivity contribution is 7.86. The van der Waals surface area contributed by atoms with Crippen molar-refractivity contribution in [2.75, 3.05) is 46.8 Å². The van der Waals surface area contributed by atoms with E-state index < -0.39 is 22.8 Å². The standard InChI is InChI=1S/C15H24O7S/c1-13-3-5-15(6-4-13)23(17,18)22-14(11-16)12-21-10-9-20-8-7-19-2/h3-6,14,16H,7-12H2,1-2H3. The van der Waals surface area contributed by atoms with Crippen molar-refractivity contribution >= 4 is 10.1 Å². The molecule has 0 bridgehead atoms. The van der Waals surface area contributed by atoms with Crippen molar-refractivity contribution in [3.05, 3.63) is 29.8 Å². The highest BCUT2D eigenvalue weighted by Crippen LogP contribution is 2.15. The predicted octanol–water partition coefficient (Wildman–Crippen LogP) is 0.741. The Bertz CT molecular complexity index is 527. The van der Waals surface area contributed by atoms with E-state index in [1.165, 1.54) is 12.1 Å². The van der Waals surface area contributed by atoms with E-state index in [2.05, 4.69) is 0 Å². The molecule has 0 saturated carbocycles. The number of rotatable bonds is 12. The van der Waals surface area contributed by atoms with Crippen LogP contribution in [0.25, 0.3) is 0 Å². The molecule has 1 aromatic rings. The largest absolute Gasteiger partial charge is 0.394 e. The zero-order valence-corrected chi connectivity index (χ0v) is 14.3. The van der Waals surface area contributed by atoms with Gasteiger partial charge in [0.1, 0.15) is 6.10 Å². The summed E-state index contributed by atoms with van der Waals surface area (Å²) in [5.74, 6) is 0. The molecule has 0 amide bonds. The Morgan fingerprint density at radius 2 is 1.65 bits per heavy atom. The van der Waals surface area contributed by atoms with Crippen LogP contribution in [0, 0.1) is 6.92 Å². The van der Waals surface area contributed by atoms with Gasteiger partial charge in [-0.25, -0.2) is 0 Å². The molecule has 1 aromatic carbocycles. The molecule has 1 atom stereocenters. The van der Waals surface area contributed by atoms with Gasteiger partial charge in [0.2, 0.25) is 0 Å². The van der Waals surface area contributed by atoms with Gasteiger partial charge in [-0.3, -0.25) is 4.18 Å². The van der Waals surface area contributed by atoms with Gasteiger partial charge in [0, 0.05) is 7.11 Å². The van der Waals surface area contributed by atoms with Gasteiger partial charge in [0.05, 0.1) is 44.5 Å². The summed E-state index contributed by atoms with van der Waals surface area (Å²) in [5.41, 5.74) is 0.944. The predicted molar refractivity (Wildman–Crippen MR) is 83.8 cm³/mol. The van der Waals surface area contributed by atoms with Crippen molar-refractivity contribution in [3.63, 3.8) is 0 Å². The number of hydrogen-bond donors (Lipinski definition) is 1. The van der Waals surface area contributed by atoms with E-state index in [0.29, 0.717) is 19.8 Å². The average Bonchev–Trinajstić information content (AvgIpc) is 2.53. The molecule has 0 aliphatic carbocycles. The minimum atomic E-state index is -3.93. The Morgan fingerprint density at radius 1 is 1.04 bits per heavy atom. The first-order valence-corrected chi connectivity index (χ1v) is 8.65. The van der Waals surface area contributed by atoms with E-state index in [-0.39, 0.29) is 18.1 Å². The topological polar surface area (TPSA) is 91.3 Å². The summed E-state index contributed by atoms with van der Waals surface area (Å²) in [6.07, 6.45) is -0.958. The van der Waals surface area contributed by atoms with E-state index in [0.717, 1.165) is 5.56 Å². The second-order valence-electron chi connectivity index (χ2n) is 4.85. The van der Waals surface area contributed by atoms with Crippen LogP contribution in [-0.4, -0.2) is 66.4 Å². The normalized spacial score (nSPS) is 13.2. The molecule has 0 aliphatic rings. The van der Waals surface area contributed by atoms with Gasteiger partial charge in [-0.2, -0.15) is 8.42 Å². The summed E-state index contributed by atoms with van der Waals surface area (Å²) in [4.78, 5) is 0.0458. The van der Waals surface area contributed by atoms with Gasteiger partial charge in [0.15, 0.2) is 0 Å². The maximum absolute atomic E-state index is 12.1. The highest BCUT2D eigenvalue weighted by Gasteiger charge is 2.21. The van der Waals surface area contributed by atoms with Crippen molar-refractivity contribution in [1.82, 2.24) is 0 Å². The number of methoxy groups -OCH3 is 1. The number of ether oxygens (including phenoxy) is 3. The molecule has 0 spiro atoms. The second-order valence-corrected chi connectivity index (χ2v) is 6.42. The first kappa shape index (κ1) is 20.0. The maximum atomic E-state index is 12.1. The zero-order valence-electron chi connectivity index (χ0n) is 13.4. The molecule has 0 aliphatic heterocycles. The monoisotopic (exact) mass is 348 g/mol. The molecule has 0 saturated heterocycles. The van der Waals surface area contributed by atoms with E-state index in [9.17, 15) is 13.5 Å². The molecular formula is C15H24O7S. The van der Waals surface area contributed by atoms with E-state index >= 15 is 0 Å². The van der Waals surface area contributed by atoms with Crippen LogP contribution in [0.15, 0.2) is 29.2 Å². The first-order chi connectivity index (χ1) is 11.0. The fourth-order valence-electron chi connectivity index (χ4n) is 1.63. The van der Waals surface area contributed by atoms with Gasteiger partial charge >= 0.3 is 0 Å². The smallest absolute Gasteiger partial charge is 0.297 e. The second kappa shape index (κ2) is 10.7. The number of hydrogen-bond acceptors (Lipinski definition) is 7. The molecular weight excluding hydrogens is 324 g/mol. The van der Waals surface area contributed by atoms with Gasteiger partial charge in [-0.15, -0.1) is 0 Å². The number of aliphatic hydroxyl groups excluding tert-OH is 1. The molecule has 0 aromatic heterocycles. The third-order valence-electron chi connectivity index (χ3n) is 2.88. The lowest BCUT2D eigenvalue weighted by atomic mass is 10.2. The van der Waals surface area contributed by atoms with Crippen LogP contribution < -0.4 is 0 Å². The fraction of sp³-hybridized carbons (Fsp3) is 0.600. The average molecular weight is 348 g/mol. The lowest BCUT2D eigenvalue weighted by Crippen LogP contribution is -2.28. The Kier molecular flexibility index (Phi) is 9.30. The third-order valence-corrected chi connectivity index (χ3v) is 4.26. The van der Waals surface area contributed by atoms with Crippen molar-refractivity contribution < 1.29 is 31.9 Å². The van der Waals surface area contributed by atoms with E-state index in [1.807, 2.05) is 6.92 Å². The Balaban J connectivity index is 2.38. The van der Waals surface area contributed by atoms with E-state index in [1.54, 1.807) is 19.2 Å². The summed E-state index contributed by atoms with van der Waals surface area (Å²) in [6.45, 7) is 2.93. The first-order valence-electron chi connectivity index (χ1n) is 7.25. The van der Waals surface area contributed by atoms with Crippen LogP contribution in [-0.2, 0) is 28.5 Å². The number of aliphatic hydroxyl groups is 1. The summed E-state index contributed by atoms with van der Waals surface area (Å²) < 4.78 is 44.5. The SMILES string of the molecule is COCCOCCOCC(CO)OS(=O)(=O)c1ccc(C)cc1. The van der Waals surface area contributed by atoms with Crippen LogP contribution in [0.1, 0.15) is 5.56 Å². The lowest BCUT2D eigenvalue weighted by molar-refractivity contribution is -0.0103. The lowest BCUT2D eigenvalue weighted by Gasteiger charge is -2.15. The number of benzene rings is 1. The summed E-state index contributed by atoms with van der Waals surface area (Å²) in [6, 6.07) is 6.28. The molecule has 1 rings (SSSR count). The Hall–Kier alpha value is -1.03. The molecule has 23 heavy (non-hydrogen) atoms. The van der Waals surface area contributed by atoms with Crippen molar-refractivity contribution in [1.29, 1.82) is 0 Å². The van der Waals surface area contributed by atoms with Crippen molar-refractivity contribution in [2.45, 2.75) is 17.9 Å². The minimum Gasteiger partial charge on any atom is -0.394 e. The van der Waals surface area contributed by atoms with Gasteiger partial charge in [-0.1, -0.05) is 17.7 Å². The molecule has 0 heterocycles. The Labute approximate surface area is 137 Å². The van der Waals surface area contributed by atoms with Crippen LogP contribution >= 0.6 is 0 Å². The van der Waals surface area contributed by atoms with Gasteiger partial charge in [-0.05, 0) is 19.1 Å². The minimum absolute atomic E-state index is 0.0458. The summed E-state index contributed by atoms with van der Waals surface area (Å²) in [7, 11) is -2.35. The van der Waals surface area contributed by atoms with Crippen LogP contribution in [0.2, 0.25) is 0 Å². The highest BCUT2D eigenvalue weighted by atomic mass is 32.2. The molecule has 7 nitrogen and oxygen atoms in total. The summed E-state index contributed by atoms with van der Waals surface area (Å²) >= 11 is 0. The van der Waals surface area contributed by atoms with Crippen LogP contribution in [0.5, 0.6) is 0 Å². The number of aryl methyl sites for hydroxylation is 1. The van der Waals surface area contributed by atoms with Crippen LogP contribution in [0.4, 0.5) is 0 Å². The third kappa shape index (κ3) is 7.87. The van der Waals surface area contributed by atoms with Crippen molar-refractivity contribution in [3.8, 4) is 0 Å². The van der Waals surface area contributed by atoms with Crippen molar-refractivity contribution in [2.24, 2.45) is 0 Å². The maximum Gasteiger partial charge on any atom is 0.297 e. The van der Waals surface area contributed by atoms with Gasteiger partial charge in [0.25, 0.3) is 10.1 Å². The molecule has 1 unspecified atom stereocenters. The zero-order chi connectivity index (χ0) is 17.1. The van der Waals surface area contributed by atoms with Gasteiger partial charge < -0.3 is 19.3 Å².